The highest BCUT2D eigenvalue weighted by Crippen LogP contribution is 2.23. The van der Waals surface area contributed by atoms with Crippen LogP contribution in [0.2, 0.25) is 0 Å². The van der Waals surface area contributed by atoms with Crippen LogP contribution in [-0.2, 0) is 6.54 Å². The van der Waals surface area contributed by atoms with E-state index >= 15 is 0 Å². The van der Waals surface area contributed by atoms with Gasteiger partial charge in [0.15, 0.2) is 0 Å². The van der Waals surface area contributed by atoms with Crippen LogP contribution >= 0.6 is 0 Å². The van der Waals surface area contributed by atoms with Crippen molar-refractivity contribution in [1.29, 1.82) is 0 Å². The zero-order chi connectivity index (χ0) is 13.9. The predicted octanol–water partition coefficient (Wildman–Crippen LogP) is 1.94. The highest BCUT2D eigenvalue weighted by Gasteiger charge is 2.25. The van der Waals surface area contributed by atoms with Crippen molar-refractivity contribution in [3.63, 3.8) is 0 Å². The fourth-order valence-electron chi connectivity index (χ4n) is 1.45. The number of likely N-dealkylation sites (N-methyl/N-ethyl adjacent to an activating group) is 1. The first-order chi connectivity index (χ1) is 8.27. The predicted molar refractivity (Wildman–Crippen MR) is 65.7 cm³/mol. The zero-order valence-electron chi connectivity index (χ0n) is 10.7. The molecule has 5 nitrogen and oxygen atoms in total. The van der Waals surface area contributed by atoms with E-state index in [0.29, 0.717) is 5.56 Å². The van der Waals surface area contributed by atoms with Gasteiger partial charge in [0.2, 0.25) is 0 Å². The number of benzene rings is 1. The summed E-state index contributed by atoms with van der Waals surface area (Å²) >= 11 is 0. The monoisotopic (exact) mass is 256 g/mol. The Morgan fingerprint density at radius 2 is 2.11 bits per heavy atom. The summed E-state index contributed by atoms with van der Waals surface area (Å²) in [7, 11) is 1.73. The lowest BCUT2D eigenvalue weighted by Crippen LogP contribution is -2.43. The lowest BCUT2D eigenvalue weighted by atomic mass is 10.0. The summed E-state index contributed by atoms with van der Waals surface area (Å²) in [5.74, 6) is -0.509. The number of aliphatic hydroxyl groups is 1. The Balaban J connectivity index is 3.03. The molecule has 0 radical (unpaired) electrons. The average Bonchev–Trinajstić information content (AvgIpc) is 2.28. The van der Waals surface area contributed by atoms with Gasteiger partial charge in [0, 0.05) is 23.7 Å². The largest absolute Gasteiger partial charge is 0.394 e. The van der Waals surface area contributed by atoms with Crippen LogP contribution in [0, 0.1) is 15.9 Å². The molecule has 1 N–H and O–H groups in total. The van der Waals surface area contributed by atoms with Crippen LogP contribution in [-0.4, -0.2) is 34.1 Å². The summed E-state index contributed by atoms with van der Waals surface area (Å²) in [5.41, 5.74) is -0.346. The highest BCUT2D eigenvalue weighted by atomic mass is 19.1. The Bertz CT molecular complexity index is 449. The van der Waals surface area contributed by atoms with Crippen LogP contribution in [0.25, 0.3) is 0 Å². The minimum absolute atomic E-state index is 0.0907. The van der Waals surface area contributed by atoms with Gasteiger partial charge in [-0.2, -0.15) is 0 Å². The number of aliphatic hydroxyl groups excluding tert-OH is 1. The minimum Gasteiger partial charge on any atom is -0.394 e. The number of nitro groups is 1. The van der Waals surface area contributed by atoms with Gasteiger partial charge in [-0.05, 0) is 33.0 Å². The molecule has 0 aliphatic heterocycles. The third-order valence-corrected chi connectivity index (χ3v) is 3.07. The van der Waals surface area contributed by atoms with Crippen LogP contribution < -0.4 is 0 Å². The second-order valence-corrected chi connectivity index (χ2v) is 4.86. The molecular formula is C12H17FN2O3. The lowest BCUT2D eigenvalue weighted by Gasteiger charge is -2.33. The van der Waals surface area contributed by atoms with Gasteiger partial charge in [0.25, 0.3) is 5.69 Å². The zero-order valence-corrected chi connectivity index (χ0v) is 10.7. The molecule has 1 rings (SSSR count). The van der Waals surface area contributed by atoms with E-state index in [4.69, 9.17) is 0 Å². The van der Waals surface area contributed by atoms with Crippen molar-refractivity contribution >= 4 is 5.69 Å². The molecule has 100 valence electrons. The van der Waals surface area contributed by atoms with Crippen molar-refractivity contribution in [2.75, 3.05) is 13.7 Å². The number of hydrogen-bond donors (Lipinski definition) is 1. The lowest BCUT2D eigenvalue weighted by molar-refractivity contribution is -0.385. The maximum absolute atomic E-state index is 13.1. The average molecular weight is 256 g/mol. The molecule has 18 heavy (non-hydrogen) atoms. The van der Waals surface area contributed by atoms with Crippen molar-refractivity contribution in [2.24, 2.45) is 0 Å². The van der Waals surface area contributed by atoms with E-state index in [1.165, 1.54) is 0 Å². The molecule has 0 amide bonds. The van der Waals surface area contributed by atoms with E-state index < -0.39 is 16.3 Å². The Morgan fingerprint density at radius 1 is 1.50 bits per heavy atom. The molecule has 1 aromatic rings. The Kier molecular flexibility index (Phi) is 4.37. The molecule has 0 unspecified atom stereocenters. The second kappa shape index (κ2) is 5.41. The van der Waals surface area contributed by atoms with E-state index in [-0.39, 0.29) is 18.8 Å². The Morgan fingerprint density at radius 3 is 2.61 bits per heavy atom. The van der Waals surface area contributed by atoms with Crippen molar-refractivity contribution in [1.82, 2.24) is 4.90 Å². The summed E-state index contributed by atoms with van der Waals surface area (Å²) in [6.45, 7) is 3.71. The van der Waals surface area contributed by atoms with Gasteiger partial charge in [-0.1, -0.05) is 0 Å². The van der Waals surface area contributed by atoms with Crippen LogP contribution in [0.15, 0.2) is 18.2 Å². The number of nitro benzene ring substituents is 1. The normalized spacial score (nSPS) is 11.9. The maximum atomic E-state index is 13.1. The van der Waals surface area contributed by atoms with Gasteiger partial charge in [-0.15, -0.1) is 0 Å². The van der Waals surface area contributed by atoms with Gasteiger partial charge < -0.3 is 5.11 Å². The summed E-state index contributed by atoms with van der Waals surface area (Å²) in [6, 6.07) is 3.38. The summed E-state index contributed by atoms with van der Waals surface area (Å²) in [5, 5.41) is 20.1. The number of hydrogen-bond acceptors (Lipinski definition) is 4. The van der Waals surface area contributed by atoms with Crippen molar-refractivity contribution in [3.05, 3.63) is 39.7 Å². The maximum Gasteiger partial charge on any atom is 0.274 e. The molecule has 0 spiro atoms. The third kappa shape index (κ3) is 3.24. The second-order valence-electron chi connectivity index (χ2n) is 4.86. The first kappa shape index (κ1) is 14.5. The molecule has 0 heterocycles. The Labute approximate surface area is 105 Å². The third-order valence-electron chi connectivity index (χ3n) is 3.07. The van der Waals surface area contributed by atoms with E-state index in [2.05, 4.69) is 0 Å². The minimum atomic E-state index is -0.533. The van der Waals surface area contributed by atoms with Crippen LogP contribution in [0.4, 0.5) is 10.1 Å². The standard InChI is InChI=1S/C12H17FN2O3/c1-12(2,8-16)14(3)7-9-6-10(13)4-5-11(9)15(17)18/h4-6,16H,7-8H2,1-3H3. The molecule has 0 aliphatic carbocycles. The number of rotatable bonds is 5. The Hall–Kier alpha value is -1.53. The van der Waals surface area contributed by atoms with E-state index in [0.717, 1.165) is 18.2 Å². The van der Waals surface area contributed by atoms with Gasteiger partial charge in [-0.25, -0.2) is 4.39 Å². The molecule has 1 aromatic carbocycles. The highest BCUT2D eigenvalue weighted by molar-refractivity contribution is 5.40. The number of nitrogens with zero attached hydrogens (tertiary/aromatic N) is 2. The van der Waals surface area contributed by atoms with Crippen LogP contribution in [0.1, 0.15) is 19.4 Å². The van der Waals surface area contributed by atoms with E-state index in [9.17, 15) is 19.6 Å². The first-order valence-electron chi connectivity index (χ1n) is 5.53. The van der Waals surface area contributed by atoms with Gasteiger partial charge in [0.1, 0.15) is 5.82 Å². The van der Waals surface area contributed by atoms with Crippen molar-refractivity contribution in [2.45, 2.75) is 25.9 Å². The molecular weight excluding hydrogens is 239 g/mol. The van der Waals surface area contributed by atoms with E-state index in [1.54, 1.807) is 25.8 Å². The van der Waals surface area contributed by atoms with Gasteiger partial charge >= 0.3 is 0 Å². The van der Waals surface area contributed by atoms with Gasteiger partial charge in [-0.3, -0.25) is 15.0 Å². The SMILES string of the molecule is CN(Cc1cc(F)ccc1[N+](=O)[O-])C(C)(C)CO. The van der Waals surface area contributed by atoms with Crippen LogP contribution in [0.5, 0.6) is 0 Å². The van der Waals surface area contributed by atoms with Gasteiger partial charge in [0.05, 0.1) is 11.5 Å². The molecule has 0 saturated heterocycles. The topological polar surface area (TPSA) is 66.6 Å². The quantitative estimate of drug-likeness (QED) is 0.645. The fourth-order valence-corrected chi connectivity index (χ4v) is 1.45. The number of halogens is 1. The molecule has 0 fully saturated rings. The molecule has 0 bridgehead atoms. The molecule has 0 atom stereocenters. The van der Waals surface area contributed by atoms with Crippen molar-refractivity contribution < 1.29 is 14.4 Å². The van der Waals surface area contributed by atoms with Crippen LogP contribution in [0.3, 0.4) is 0 Å². The molecule has 0 aromatic heterocycles. The summed E-state index contributed by atoms with van der Waals surface area (Å²) < 4.78 is 13.1. The summed E-state index contributed by atoms with van der Waals surface area (Å²) in [4.78, 5) is 12.1. The van der Waals surface area contributed by atoms with E-state index in [1.807, 2.05) is 0 Å². The fraction of sp³-hybridized carbons (Fsp3) is 0.500. The molecule has 0 saturated carbocycles. The molecule has 0 aliphatic rings. The smallest absolute Gasteiger partial charge is 0.274 e. The first-order valence-corrected chi connectivity index (χ1v) is 5.53. The van der Waals surface area contributed by atoms with Crippen molar-refractivity contribution in [3.8, 4) is 0 Å². The molecule has 6 heteroatoms. The summed E-state index contributed by atoms with van der Waals surface area (Å²) in [6.07, 6.45) is 0.